The van der Waals surface area contributed by atoms with Crippen molar-refractivity contribution in [1.82, 2.24) is 4.31 Å². The predicted molar refractivity (Wildman–Crippen MR) is 72.8 cm³/mol. The summed E-state index contributed by atoms with van der Waals surface area (Å²) in [6.45, 7) is 1.87. The van der Waals surface area contributed by atoms with Crippen molar-refractivity contribution in [2.24, 2.45) is 0 Å². The third-order valence-electron chi connectivity index (χ3n) is 2.86. The number of halogens is 1. The summed E-state index contributed by atoms with van der Waals surface area (Å²) in [7, 11) is -4.02. The highest BCUT2D eigenvalue weighted by Gasteiger charge is 2.29. The van der Waals surface area contributed by atoms with Crippen molar-refractivity contribution in [2.75, 3.05) is 12.3 Å². The van der Waals surface area contributed by atoms with Gasteiger partial charge < -0.3 is 10.2 Å². The first kappa shape index (κ1) is 14.5. The summed E-state index contributed by atoms with van der Waals surface area (Å²) in [6, 6.07) is 7.11. The second-order valence-corrected chi connectivity index (χ2v) is 6.04. The number of sulfonamides is 1. The fourth-order valence-corrected chi connectivity index (χ4v) is 3.45. The fraction of sp³-hybridized carbons (Fsp3) is 0.231. The number of benzene rings is 1. The number of hydrogen-bond donors (Lipinski definition) is 1. The third kappa shape index (κ3) is 2.68. The molecule has 0 saturated carbocycles. The molecule has 2 aromatic rings. The third-order valence-corrected chi connectivity index (χ3v) is 4.87. The molecule has 1 aromatic carbocycles. The Balaban J connectivity index is 2.42. The second-order valence-electron chi connectivity index (χ2n) is 4.17. The molecule has 0 radical (unpaired) electrons. The zero-order chi connectivity index (χ0) is 14.8. The number of nitrogen functional groups attached to an aromatic ring is 1. The summed E-state index contributed by atoms with van der Waals surface area (Å²) >= 11 is 0. The lowest BCUT2D eigenvalue weighted by molar-refractivity contribution is 0.373. The van der Waals surface area contributed by atoms with Gasteiger partial charge in [-0.05, 0) is 24.3 Å². The Labute approximate surface area is 116 Å². The molecule has 0 aliphatic carbocycles. The number of anilines is 1. The number of furan rings is 1. The molecule has 0 fully saturated rings. The SMILES string of the molecule is CCN(Cc1ccco1)S(=O)(=O)c1c(N)cccc1F. The molecule has 2 rings (SSSR count). The Morgan fingerprint density at radius 1 is 1.30 bits per heavy atom. The minimum atomic E-state index is -4.02. The lowest BCUT2D eigenvalue weighted by atomic mass is 10.3. The van der Waals surface area contributed by atoms with Gasteiger partial charge in [0.15, 0.2) is 0 Å². The summed E-state index contributed by atoms with van der Waals surface area (Å²) in [5.74, 6) is -0.381. The van der Waals surface area contributed by atoms with E-state index in [1.807, 2.05) is 0 Å². The average molecular weight is 298 g/mol. The number of nitrogens with two attached hydrogens (primary N) is 1. The molecule has 2 N–H and O–H groups in total. The topological polar surface area (TPSA) is 76.5 Å². The van der Waals surface area contributed by atoms with E-state index in [-0.39, 0.29) is 18.8 Å². The van der Waals surface area contributed by atoms with E-state index in [0.29, 0.717) is 5.76 Å². The van der Waals surface area contributed by atoms with E-state index in [1.54, 1.807) is 19.1 Å². The normalized spacial score (nSPS) is 11.9. The van der Waals surface area contributed by atoms with E-state index in [1.165, 1.54) is 18.4 Å². The molecule has 20 heavy (non-hydrogen) atoms. The zero-order valence-corrected chi connectivity index (χ0v) is 11.7. The van der Waals surface area contributed by atoms with Gasteiger partial charge in [0.1, 0.15) is 16.5 Å². The summed E-state index contributed by atoms with van der Waals surface area (Å²) in [6.07, 6.45) is 1.45. The van der Waals surface area contributed by atoms with Gasteiger partial charge in [-0.1, -0.05) is 13.0 Å². The summed E-state index contributed by atoms with van der Waals surface area (Å²) in [4.78, 5) is -0.492. The number of rotatable bonds is 5. The first-order valence-corrected chi connectivity index (χ1v) is 7.47. The van der Waals surface area contributed by atoms with Crippen LogP contribution in [0.4, 0.5) is 10.1 Å². The monoisotopic (exact) mass is 298 g/mol. The van der Waals surface area contributed by atoms with Crippen molar-refractivity contribution in [1.29, 1.82) is 0 Å². The largest absolute Gasteiger partial charge is 0.468 e. The van der Waals surface area contributed by atoms with Crippen LogP contribution in [0.15, 0.2) is 45.9 Å². The Kier molecular flexibility index (Phi) is 4.10. The van der Waals surface area contributed by atoms with Crippen molar-refractivity contribution in [2.45, 2.75) is 18.4 Å². The predicted octanol–water partition coefficient (Wildman–Crippen LogP) is 2.21. The van der Waals surface area contributed by atoms with Gasteiger partial charge in [0, 0.05) is 6.54 Å². The Bertz CT molecular complexity index is 663. The zero-order valence-electron chi connectivity index (χ0n) is 10.9. The van der Waals surface area contributed by atoms with E-state index in [2.05, 4.69) is 0 Å². The van der Waals surface area contributed by atoms with Crippen molar-refractivity contribution < 1.29 is 17.2 Å². The van der Waals surface area contributed by atoms with E-state index in [4.69, 9.17) is 10.2 Å². The lowest BCUT2D eigenvalue weighted by Gasteiger charge is -2.20. The first-order valence-electron chi connectivity index (χ1n) is 6.03. The molecule has 0 atom stereocenters. The smallest absolute Gasteiger partial charge is 0.248 e. The van der Waals surface area contributed by atoms with Crippen molar-refractivity contribution in [3.8, 4) is 0 Å². The van der Waals surface area contributed by atoms with Crippen molar-refractivity contribution in [3.05, 3.63) is 48.2 Å². The van der Waals surface area contributed by atoms with Crippen molar-refractivity contribution >= 4 is 15.7 Å². The Morgan fingerprint density at radius 2 is 2.05 bits per heavy atom. The molecular formula is C13H15FN2O3S. The standard InChI is InChI=1S/C13H15FN2O3S/c1-2-16(9-10-5-4-8-19-10)20(17,18)13-11(14)6-3-7-12(13)15/h3-8H,2,9,15H2,1H3. The van der Waals surface area contributed by atoms with Crippen LogP contribution in [0, 0.1) is 5.82 Å². The quantitative estimate of drug-likeness (QED) is 0.859. The second kappa shape index (κ2) is 5.64. The Hall–Kier alpha value is -1.86. The van der Waals surface area contributed by atoms with E-state index < -0.39 is 20.7 Å². The summed E-state index contributed by atoms with van der Waals surface area (Å²) in [5.41, 5.74) is 5.50. The van der Waals surface area contributed by atoms with Crippen LogP contribution in [0.3, 0.4) is 0 Å². The Morgan fingerprint density at radius 3 is 2.60 bits per heavy atom. The molecule has 5 nitrogen and oxygen atoms in total. The summed E-state index contributed by atoms with van der Waals surface area (Å²) in [5, 5.41) is 0. The molecule has 0 aliphatic heterocycles. The molecule has 0 bridgehead atoms. The number of nitrogens with zero attached hydrogens (tertiary/aromatic N) is 1. The molecule has 7 heteroatoms. The molecule has 108 valence electrons. The van der Waals surface area contributed by atoms with Gasteiger partial charge >= 0.3 is 0 Å². The molecule has 0 aliphatic rings. The maximum atomic E-state index is 13.8. The van der Waals surface area contributed by atoms with Gasteiger partial charge in [-0.15, -0.1) is 0 Å². The van der Waals surface area contributed by atoms with Gasteiger partial charge in [0.2, 0.25) is 10.0 Å². The minimum Gasteiger partial charge on any atom is -0.468 e. The highest BCUT2D eigenvalue weighted by Crippen LogP contribution is 2.26. The average Bonchev–Trinajstić information content (AvgIpc) is 2.88. The molecule has 0 amide bonds. The first-order chi connectivity index (χ1) is 9.46. The van der Waals surface area contributed by atoms with Crippen molar-refractivity contribution in [3.63, 3.8) is 0 Å². The van der Waals surface area contributed by atoms with Gasteiger partial charge in [-0.2, -0.15) is 4.31 Å². The van der Waals surface area contributed by atoms with E-state index in [0.717, 1.165) is 10.4 Å². The van der Waals surface area contributed by atoms with Crippen LogP contribution >= 0.6 is 0 Å². The maximum Gasteiger partial charge on any atom is 0.248 e. The van der Waals surface area contributed by atoms with Crippen LogP contribution in [0.1, 0.15) is 12.7 Å². The molecular weight excluding hydrogens is 283 g/mol. The van der Waals surface area contributed by atoms with Gasteiger partial charge in [-0.3, -0.25) is 0 Å². The van der Waals surface area contributed by atoms with Crippen LogP contribution in [0.2, 0.25) is 0 Å². The lowest BCUT2D eigenvalue weighted by Crippen LogP contribution is -2.31. The highest BCUT2D eigenvalue weighted by atomic mass is 32.2. The molecule has 1 aromatic heterocycles. The fourth-order valence-electron chi connectivity index (χ4n) is 1.87. The van der Waals surface area contributed by atoms with Crippen LogP contribution in [0.5, 0.6) is 0 Å². The molecule has 0 spiro atoms. The van der Waals surface area contributed by atoms with Gasteiger partial charge in [0.25, 0.3) is 0 Å². The van der Waals surface area contributed by atoms with Crippen LogP contribution in [-0.4, -0.2) is 19.3 Å². The van der Waals surface area contributed by atoms with Crippen LogP contribution in [0.25, 0.3) is 0 Å². The van der Waals surface area contributed by atoms with Gasteiger partial charge in [0.05, 0.1) is 18.5 Å². The van der Waals surface area contributed by atoms with E-state index >= 15 is 0 Å². The highest BCUT2D eigenvalue weighted by molar-refractivity contribution is 7.89. The number of hydrogen-bond acceptors (Lipinski definition) is 4. The molecule has 1 heterocycles. The summed E-state index contributed by atoms with van der Waals surface area (Å²) < 4.78 is 45.0. The van der Waals surface area contributed by atoms with Crippen LogP contribution < -0.4 is 5.73 Å². The molecule has 0 unspecified atom stereocenters. The van der Waals surface area contributed by atoms with E-state index in [9.17, 15) is 12.8 Å². The van der Waals surface area contributed by atoms with Crippen LogP contribution in [-0.2, 0) is 16.6 Å². The van der Waals surface area contributed by atoms with Gasteiger partial charge in [-0.25, -0.2) is 12.8 Å². The minimum absolute atomic E-state index is 0.0274. The maximum absolute atomic E-state index is 13.8. The molecule has 0 saturated heterocycles.